The van der Waals surface area contributed by atoms with Crippen LogP contribution in [0, 0.1) is 0 Å². The molecule has 0 aliphatic carbocycles. The maximum atomic E-state index is 12.0. The van der Waals surface area contributed by atoms with Crippen LogP contribution in [0.2, 0.25) is 0 Å². The van der Waals surface area contributed by atoms with Crippen LogP contribution in [0.4, 0.5) is 0 Å². The van der Waals surface area contributed by atoms with Crippen LogP contribution < -0.4 is 4.74 Å². The van der Waals surface area contributed by atoms with Crippen molar-refractivity contribution in [3.8, 4) is 5.75 Å². The quantitative estimate of drug-likeness (QED) is 0.752. The van der Waals surface area contributed by atoms with Crippen molar-refractivity contribution in [2.24, 2.45) is 0 Å². The first-order valence-corrected chi connectivity index (χ1v) is 8.80. The summed E-state index contributed by atoms with van der Waals surface area (Å²) in [6.07, 6.45) is 0.470. The number of nitrogens with zero attached hydrogens (tertiary/aromatic N) is 1. The van der Waals surface area contributed by atoms with Gasteiger partial charge in [0.1, 0.15) is 5.75 Å². The van der Waals surface area contributed by atoms with Gasteiger partial charge in [-0.25, -0.2) is 8.42 Å². The molecule has 1 saturated heterocycles. The van der Waals surface area contributed by atoms with E-state index in [4.69, 9.17) is 4.74 Å². The lowest BCUT2D eigenvalue weighted by Gasteiger charge is -2.23. The van der Waals surface area contributed by atoms with Crippen LogP contribution in [0.3, 0.4) is 0 Å². The average Bonchev–Trinajstić information content (AvgIpc) is 2.84. The molecular weight excluding hydrogens is 306 g/mol. The third-order valence-corrected chi connectivity index (χ3v) is 5.52. The SMILES string of the molecule is CC(=O)c1ccc(OCC(=O)N(C)C2CCS(=O)(=O)C2)cc1. The average molecular weight is 325 g/mol. The summed E-state index contributed by atoms with van der Waals surface area (Å²) in [4.78, 5) is 24.6. The second-order valence-corrected chi connectivity index (χ2v) is 7.66. The Labute approximate surface area is 130 Å². The highest BCUT2D eigenvalue weighted by Gasteiger charge is 2.32. The summed E-state index contributed by atoms with van der Waals surface area (Å²) in [5, 5.41) is 0. The van der Waals surface area contributed by atoms with Gasteiger partial charge in [0.2, 0.25) is 0 Å². The van der Waals surface area contributed by atoms with Gasteiger partial charge in [0.05, 0.1) is 11.5 Å². The Balaban J connectivity index is 1.88. The second kappa shape index (κ2) is 6.48. The number of rotatable bonds is 5. The predicted octanol–water partition coefficient (Wildman–Crippen LogP) is 0.913. The molecule has 0 N–H and O–H groups in total. The Morgan fingerprint density at radius 1 is 1.27 bits per heavy atom. The number of sulfone groups is 1. The first-order valence-electron chi connectivity index (χ1n) is 6.98. The summed E-state index contributed by atoms with van der Waals surface area (Å²) in [5.74, 6) is 0.332. The van der Waals surface area contributed by atoms with Gasteiger partial charge >= 0.3 is 0 Å². The summed E-state index contributed by atoms with van der Waals surface area (Å²) in [7, 11) is -1.43. The van der Waals surface area contributed by atoms with E-state index in [0.717, 1.165) is 0 Å². The highest BCUT2D eigenvalue weighted by molar-refractivity contribution is 7.91. The van der Waals surface area contributed by atoms with E-state index in [0.29, 0.717) is 17.7 Å². The van der Waals surface area contributed by atoms with E-state index in [2.05, 4.69) is 0 Å². The Kier molecular flexibility index (Phi) is 4.85. The first-order chi connectivity index (χ1) is 10.3. The number of hydrogen-bond acceptors (Lipinski definition) is 5. The lowest BCUT2D eigenvalue weighted by Crippen LogP contribution is -2.40. The minimum absolute atomic E-state index is 0.0164. The van der Waals surface area contributed by atoms with Crippen molar-refractivity contribution in [1.29, 1.82) is 0 Å². The van der Waals surface area contributed by atoms with E-state index in [1.165, 1.54) is 11.8 Å². The molecule has 1 amide bonds. The monoisotopic (exact) mass is 325 g/mol. The molecule has 0 spiro atoms. The van der Waals surface area contributed by atoms with Gasteiger partial charge < -0.3 is 9.64 Å². The van der Waals surface area contributed by atoms with Crippen molar-refractivity contribution in [3.05, 3.63) is 29.8 Å². The molecule has 22 heavy (non-hydrogen) atoms. The van der Waals surface area contributed by atoms with Crippen molar-refractivity contribution in [2.45, 2.75) is 19.4 Å². The molecule has 1 aliphatic heterocycles. The highest BCUT2D eigenvalue weighted by atomic mass is 32.2. The minimum Gasteiger partial charge on any atom is -0.484 e. The fourth-order valence-electron chi connectivity index (χ4n) is 2.32. The molecular formula is C15H19NO5S. The molecule has 0 bridgehead atoms. The van der Waals surface area contributed by atoms with Crippen molar-refractivity contribution in [1.82, 2.24) is 4.90 Å². The minimum atomic E-state index is -3.02. The lowest BCUT2D eigenvalue weighted by atomic mass is 10.1. The molecule has 120 valence electrons. The Bertz CT molecular complexity index is 666. The van der Waals surface area contributed by atoms with Gasteiger partial charge in [-0.3, -0.25) is 9.59 Å². The van der Waals surface area contributed by atoms with Crippen LogP contribution in [-0.4, -0.2) is 56.2 Å². The van der Waals surface area contributed by atoms with Gasteiger partial charge in [0.25, 0.3) is 5.91 Å². The van der Waals surface area contributed by atoms with Crippen LogP contribution in [-0.2, 0) is 14.6 Å². The summed E-state index contributed by atoms with van der Waals surface area (Å²) in [6.45, 7) is 1.32. The number of likely N-dealkylation sites (N-methyl/N-ethyl adjacent to an activating group) is 1. The molecule has 6 nitrogen and oxygen atoms in total. The Morgan fingerprint density at radius 2 is 1.91 bits per heavy atom. The van der Waals surface area contributed by atoms with E-state index < -0.39 is 9.84 Å². The third kappa shape index (κ3) is 4.07. The molecule has 7 heteroatoms. The fraction of sp³-hybridized carbons (Fsp3) is 0.467. The van der Waals surface area contributed by atoms with E-state index in [1.54, 1.807) is 31.3 Å². The molecule has 1 atom stereocenters. The second-order valence-electron chi connectivity index (χ2n) is 5.43. The zero-order chi connectivity index (χ0) is 16.3. The van der Waals surface area contributed by atoms with Crippen LogP contribution in [0.15, 0.2) is 24.3 Å². The molecule has 1 aromatic carbocycles. The van der Waals surface area contributed by atoms with E-state index in [-0.39, 0.29) is 35.8 Å². The topological polar surface area (TPSA) is 80.8 Å². The maximum absolute atomic E-state index is 12.0. The van der Waals surface area contributed by atoms with Crippen LogP contribution in [0.25, 0.3) is 0 Å². The third-order valence-electron chi connectivity index (χ3n) is 3.77. The van der Waals surface area contributed by atoms with E-state index >= 15 is 0 Å². The van der Waals surface area contributed by atoms with E-state index in [1.807, 2.05) is 0 Å². The van der Waals surface area contributed by atoms with Gasteiger partial charge in [-0.1, -0.05) is 0 Å². The molecule has 0 aromatic heterocycles. The molecule has 0 saturated carbocycles. The molecule has 1 aliphatic rings. The summed E-state index contributed by atoms with van der Waals surface area (Å²) in [5.41, 5.74) is 0.576. The number of ether oxygens (including phenoxy) is 1. The van der Waals surface area contributed by atoms with Crippen molar-refractivity contribution in [2.75, 3.05) is 25.2 Å². The van der Waals surface area contributed by atoms with Crippen molar-refractivity contribution >= 4 is 21.5 Å². The van der Waals surface area contributed by atoms with E-state index in [9.17, 15) is 18.0 Å². The number of Topliss-reactive ketones (excluding diaryl/α,β-unsaturated/α-hetero) is 1. The number of ketones is 1. The molecule has 1 heterocycles. The number of amides is 1. The number of carbonyl (C=O) groups is 2. The van der Waals surface area contributed by atoms with Crippen LogP contribution in [0.5, 0.6) is 5.75 Å². The number of hydrogen-bond donors (Lipinski definition) is 0. The van der Waals surface area contributed by atoms with Crippen molar-refractivity contribution < 1.29 is 22.7 Å². The normalized spacial score (nSPS) is 19.6. The van der Waals surface area contributed by atoms with Gasteiger partial charge in [0, 0.05) is 18.7 Å². The smallest absolute Gasteiger partial charge is 0.260 e. The Hall–Kier alpha value is -1.89. The van der Waals surface area contributed by atoms with Gasteiger partial charge in [0.15, 0.2) is 22.2 Å². The number of carbonyl (C=O) groups excluding carboxylic acids is 2. The zero-order valence-electron chi connectivity index (χ0n) is 12.6. The maximum Gasteiger partial charge on any atom is 0.260 e. The van der Waals surface area contributed by atoms with Gasteiger partial charge in [-0.05, 0) is 37.6 Å². The van der Waals surface area contributed by atoms with Crippen molar-refractivity contribution in [3.63, 3.8) is 0 Å². The molecule has 1 fully saturated rings. The Morgan fingerprint density at radius 3 is 2.41 bits per heavy atom. The van der Waals surface area contributed by atoms with Crippen LogP contribution >= 0.6 is 0 Å². The molecule has 1 aromatic rings. The fourth-order valence-corrected chi connectivity index (χ4v) is 4.09. The predicted molar refractivity (Wildman–Crippen MR) is 81.8 cm³/mol. The lowest BCUT2D eigenvalue weighted by molar-refractivity contribution is -0.133. The zero-order valence-corrected chi connectivity index (χ0v) is 13.4. The standard InChI is InChI=1S/C15H19NO5S/c1-11(17)12-3-5-14(6-4-12)21-9-15(18)16(2)13-7-8-22(19,20)10-13/h3-6,13H,7-10H2,1-2H3. The highest BCUT2D eigenvalue weighted by Crippen LogP contribution is 2.17. The summed E-state index contributed by atoms with van der Waals surface area (Å²) < 4.78 is 28.3. The molecule has 0 radical (unpaired) electrons. The van der Waals surface area contributed by atoms with Gasteiger partial charge in [-0.15, -0.1) is 0 Å². The summed E-state index contributed by atoms with van der Waals surface area (Å²) in [6, 6.07) is 6.25. The van der Waals surface area contributed by atoms with Crippen LogP contribution in [0.1, 0.15) is 23.7 Å². The van der Waals surface area contributed by atoms with Gasteiger partial charge in [-0.2, -0.15) is 0 Å². The largest absolute Gasteiger partial charge is 0.484 e. The summed E-state index contributed by atoms with van der Waals surface area (Å²) >= 11 is 0. The number of benzene rings is 1. The molecule has 1 unspecified atom stereocenters. The molecule has 2 rings (SSSR count). The first kappa shape index (κ1) is 16.5.